The third kappa shape index (κ3) is 5.04. The number of aliphatic hydroxyl groups excluding tert-OH is 1. The third-order valence-corrected chi connectivity index (χ3v) is 6.07. The number of carbonyl (C=O) groups is 2. The van der Waals surface area contributed by atoms with E-state index in [1.807, 2.05) is 11.0 Å². The van der Waals surface area contributed by atoms with E-state index < -0.39 is 0 Å². The first-order chi connectivity index (χ1) is 15.4. The first-order valence-electron chi connectivity index (χ1n) is 11.0. The average molecular weight is 445 g/mol. The van der Waals surface area contributed by atoms with Crippen molar-refractivity contribution in [1.29, 1.82) is 0 Å². The average Bonchev–Trinajstić information content (AvgIpc) is 3.24. The first kappa shape index (κ1) is 22.1. The highest BCUT2D eigenvalue weighted by Gasteiger charge is 2.26. The van der Waals surface area contributed by atoms with E-state index >= 15 is 0 Å². The molecule has 172 valence electrons. The van der Waals surface area contributed by atoms with Crippen LogP contribution in [0.25, 0.3) is 0 Å². The summed E-state index contributed by atoms with van der Waals surface area (Å²) < 4.78 is 20.0. The van der Waals surface area contributed by atoms with Crippen molar-refractivity contribution in [2.45, 2.75) is 32.4 Å². The number of nitrogens with zero attached hydrogens (tertiary/aromatic N) is 3. The van der Waals surface area contributed by atoms with Crippen LogP contribution >= 0.6 is 0 Å². The zero-order chi connectivity index (χ0) is 22.7. The molecule has 0 bridgehead atoms. The van der Waals surface area contributed by atoms with E-state index in [1.165, 1.54) is 6.07 Å². The van der Waals surface area contributed by atoms with Gasteiger partial charge >= 0.3 is 6.03 Å². The fraction of sp³-hybridized carbons (Fsp3) is 0.478. The summed E-state index contributed by atoms with van der Waals surface area (Å²) in [5.41, 5.74) is 1.21. The molecule has 2 aliphatic rings. The van der Waals surface area contributed by atoms with Crippen molar-refractivity contribution in [3.63, 3.8) is 0 Å². The van der Waals surface area contributed by atoms with E-state index in [0.29, 0.717) is 74.9 Å². The van der Waals surface area contributed by atoms with Crippen molar-refractivity contribution in [1.82, 2.24) is 15.1 Å². The van der Waals surface area contributed by atoms with Crippen LogP contribution in [0.3, 0.4) is 0 Å². The Hall–Kier alpha value is -3.07. The maximum Gasteiger partial charge on any atom is 0.317 e. The Morgan fingerprint density at radius 3 is 2.38 bits per heavy atom. The van der Waals surface area contributed by atoms with Crippen molar-refractivity contribution in [3.8, 4) is 0 Å². The lowest BCUT2D eigenvalue weighted by Crippen LogP contribution is -2.53. The lowest BCUT2D eigenvalue weighted by molar-refractivity contribution is 0.0632. The number of piperidine rings is 1. The molecule has 0 saturated carbocycles. The number of furan rings is 1. The van der Waals surface area contributed by atoms with Crippen LogP contribution in [0.1, 0.15) is 34.7 Å². The summed E-state index contributed by atoms with van der Waals surface area (Å²) in [6.45, 7) is 4.97. The molecule has 0 aliphatic carbocycles. The Morgan fingerprint density at radius 2 is 1.75 bits per heavy atom. The van der Waals surface area contributed by atoms with Crippen LogP contribution in [0, 0.1) is 12.7 Å². The highest BCUT2D eigenvalue weighted by Crippen LogP contribution is 2.24. The molecule has 1 aromatic carbocycles. The van der Waals surface area contributed by atoms with E-state index in [2.05, 4.69) is 5.32 Å². The molecule has 32 heavy (non-hydrogen) atoms. The smallest absolute Gasteiger partial charge is 0.317 e. The molecule has 0 atom stereocenters. The number of piperazine rings is 1. The SMILES string of the molecule is Cc1ccc(C(=O)N2CCN(C(=O)NCc3ccc(N4CCC(O)CC4)c(F)c3)CC2)o1. The number of nitrogens with one attached hydrogen (secondary N) is 1. The zero-order valence-corrected chi connectivity index (χ0v) is 18.2. The van der Waals surface area contributed by atoms with Gasteiger partial charge in [0.05, 0.1) is 11.8 Å². The Morgan fingerprint density at radius 1 is 1.06 bits per heavy atom. The van der Waals surface area contributed by atoms with Gasteiger partial charge in [-0.3, -0.25) is 4.79 Å². The van der Waals surface area contributed by atoms with E-state index in [9.17, 15) is 19.1 Å². The van der Waals surface area contributed by atoms with Gasteiger partial charge in [0.25, 0.3) is 5.91 Å². The van der Waals surface area contributed by atoms with Gasteiger partial charge in [0.2, 0.25) is 0 Å². The van der Waals surface area contributed by atoms with Crippen molar-refractivity contribution in [3.05, 3.63) is 53.2 Å². The molecule has 2 N–H and O–H groups in total. The van der Waals surface area contributed by atoms with Gasteiger partial charge in [-0.2, -0.15) is 0 Å². The van der Waals surface area contributed by atoms with E-state index in [1.54, 1.807) is 34.9 Å². The number of aryl methyl sites for hydroxylation is 1. The highest BCUT2D eigenvalue weighted by molar-refractivity contribution is 5.91. The minimum atomic E-state index is -0.326. The monoisotopic (exact) mass is 444 g/mol. The Kier molecular flexibility index (Phi) is 6.64. The topological polar surface area (TPSA) is 89.3 Å². The molecule has 1 aromatic heterocycles. The molecule has 2 fully saturated rings. The van der Waals surface area contributed by atoms with Gasteiger partial charge in [-0.1, -0.05) is 6.07 Å². The quantitative estimate of drug-likeness (QED) is 0.756. The zero-order valence-electron chi connectivity index (χ0n) is 18.2. The maximum atomic E-state index is 14.6. The summed E-state index contributed by atoms with van der Waals surface area (Å²) in [6, 6.07) is 8.17. The molecule has 0 radical (unpaired) electrons. The Labute approximate surface area is 186 Å². The van der Waals surface area contributed by atoms with Crippen LogP contribution in [0.4, 0.5) is 14.9 Å². The van der Waals surface area contributed by atoms with Crippen molar-refractivity contribution >= 4 is 17.6 Å². The lowest BCUT2D eigenvalue weighted by atomic mass is 10.1. The van der Waals surface area contributed by atoms with Gasteiger partial charge in [0.15, 0.2) is 5.76 Å². The first-order valence-corrected chi connectivity index (χ1v) is 11.0. The number of carbonyl (C=O) groups excluding carboxylic acids is 2. The number of anilines is 1. The molecule has 0 unspecified atom stereocenters. The number of halogens is 1. The number of hydrogen-bond acceptors (Lipinski definition) is 5. The number of rotatable bonds is 4. The van der Waals surface area contributed by atoms with Gasteiger partial charge < -0.3 is 29.5 Å². The van der Waals surface area contributed by atoms with Gasteiger partial charge in [-0.15, -0.1) is 0 Å². The Balaban J connectivity index is 1.25. The summed E-state index contributed by atoms with van der Waals surface area (Å²) in [6.07, 6.45) is 0.965. The lowest BCUT2D eigenvalue weighted by Gasteiger charge is -2.34. The number of benzene rings is 1. The molecule has 2 saturated heterocycles. The number of aliphatic hydroxyl groups is 1. The van der Waals surface area contributed by atoms with Crippen LogP contribution in [0.15, 0.2) is 34.7 Å². The normalized spacial score (nSPS) is 17.5. The fourth-order valence-corrected chi connectivity index (χ4v) is 4.13. The molecular formula is C23H29FN4O4. The van der Waals surface area contributed by atoms with Gasteiger partial charge in [0, 0.05) is 45.8 Å². The Bertz CT molecular complexity index is 963. The van der Waals surface area contributed by atoms with Crippen molar-refractivity contribution < 1.29 is 23.5 Å². The molecule has 4 rings (SSSR count). The molecule has 3 amide bonds. The third-order valence-electron chi connectivity index (χ3n) is 6.07. The fourth-order valence-electron chi connectivity index (χ4n) is 4.13. The van der Waals surface area contributed by atoms with Gasteiger partial charge in [0.1, 0.15) is 11.6 Å². The van der Waals surface area contributed by atoms with Crippen LogP contribution in [0.5, 0.6) is 0 Å². The van der Waals surface area contributed by atoms with E-state index in [0.717, 1.165) is 0 Å². The molecule has 3 heterocycles. The van der Waals surface area contributed by atoms with Crippen molar-refractivity contribution in [2.75, 3.05) is 44.2 Å². The summed E-state index contributed by atoms with van der Waals surface area (Å²) >= 11 is 0. The summed E-state index contributed by atoms with van der Waals surface area (Å²) in [5.74, 6) is 0.502. The molecular weight excluding hydrogens is 415 g/mol. The summed E-state index contributed by atoms with van der Waals surface area (Å²) in [7, 11) is 0. The highest BCUT2D eigenvalue weighted by atomic mass is 19.1. The molecule has 8 nitrogen and oxygen atoms in total. The largest absolute Gasteiger partial charge is 0.456 e. The second kappa shape index (κ2) is 9.60. The van der Waals surface area contributed by atoms with Crippen molar-refractivity contribution in [2.24, 2.45) is 0 Å². The van der Waals surface area contributed by atoms with Crippen LogP contribution in [0.2, 0.25) is 0 Å². The van der Waals surface area contributed by atoms with Crippen LogP contribution < -0.4 is 10.2 Å². The maximum absolute atomic E-state index is 14.6. The minimum absolute atomic E-state index is 0.170. The molecule has 2 aliphatic heterocycles. The molecule has 0 spiro atoms. The molecule has 9 heteroatoms. The van der Waals surface area contributed by atoms with E-state index in [-0.39, 0.29) is 30.4 Å². The van der Waals surface area contributed by atoms with Crippen LogP contribution in [-0.2, 0) is 6.54 Å². The number of urea groups is 1. The standard InChI is InChI=1S/C23H29FN4O4/c1-16-2-5-21(32-16)22(30)27-10-12-28(13-11-27)23(31)25-15-17-3-4-20(19(24)14-17)26-8-6-18(29)7-9-26/h2-5,14,18,29H,6-13,15H2,1H3,(H,25,31). The second-order valence-corrected chi connectivity index (χ2v) is 8.35. The predicted molar refractivity (Wildman–Crippen MR) is 117 cm³/mol. The van der Waals surface area contributed by atoms with E-state index in [4.69, 9.17) is 4.42 Å². The van der Waals surface area contributed by atoms with Crippen LogP contribution in [-0.4, -0.2) is 72.2 Å². The number of hydrogen-bond donors (Lipinski definition) is 2. The van der Waals surface area contributed by atoms with Gasteiger partial charge in [-0.05, 0) is 49.6 Å². The van der Waals surface area contributed by atoms with Gasteiger partial charge in [-0.25, -0.2) is 9.18 Å². The summed E-state index contributed by atoms with van der Waals surface area (Å²) in [4.78, 5) is 30.2. The minimum Gasteiger partial charge on any atom is -0.456 e. The summed E-state index contributed by atoms with van der Waals surface area (Å²) in [5, 5.41) is 12.5. The number of amides is 3. The second-order valence-electron chi connectivity index (χ2n) is 8.35. The predicted octanol–water partition coefficient (Wildman–Crippen LogP) is 2.36. The molecule has 2 aromatic rings.